The summed E-state index contributed by atoms with van der Waals surface area (Å²) in [6.45, 7) is 3.89. The molecule has 0 radical (unpaired) electrons. The third-order valence-electron chi connectivity index (χ3n) is 6.61. The van der Waals surface area contributed by atoms with Gasteiger partial charge in [0, 0.05) is 20.0 Å². The van der Waals surface area contributed by atoms with Crippen LogP contribution in [-0.2, 0) is 25.6 Å². The number of hydrogen-bond acceptors (Lipinski definition) is 5. The van der Waals surface area contributed by atoms with Crippen molar-refractivity contribution >= 4 is 23.8 Å². The molecule has 3 rings (SSSR count). The molecule has 1 aromatic carbocycles. The quantitative estimate of drug-likeness (QED) is 0.544. The molecule has 1 aromatic rings. The van der Waals surface area contributed by atoms with Crippen molar-refractivity contribution in [1.29, 1.82) is 0 Å². The molecule has 0 aromatic heterocycles. The number of carboxylic acids is 2. The van der Waals surface area contributed by atoms with Crippen LogP contribution in [0.5, 0.6) is 0 Å². The Morgan fingerprint density at radius 1 is 1.16 bits per heavy atom. The van der Waals surface area contributed by atoms with Crippen molar-refractivity contribution in [2.45, 2.75) is 63.7 Å². The van der Waals surface area contributed by atoms with Gasteiger partial charge in [-0.25, -0.2) is 4.79 Å². The van der Waals surface area contributed by atoms with Gasteiger partial charge in [-0.15, -0.1) is 0 Å². The number of hydrogen-bond donors (Lipinski definition) is 3. The van der Waals surface area contributed by atoms with Gasteiger partial charge in [0.05, 0.1) is 12.1 Å². The molecule has 174 valence electrons. The van der Waals surface area contributed by atoms with E-state index in [-0.39, 0.29) is 17.9 Å². The average Bonchev–Trinajstić information content (AvgIpc) is 3.15. The maximum Gasteiger partial charge on any atom is 0.326 e. The zero-order valence-corrected chi connectivity index (χ0v) is 18.4. The number of carbonyl (C=O) groups excluding carboxylic acids is 2. The minimum absolute atomic E-state index is 0.0104. The number of piperidine rings is 1. The van der Waals surface area contributed by atoms with E-state index in [4.69, 9.17) is 0 Å². The van der Waals surface area contributed by atoms with Gasteiger partial charge < -0.3 is 20.0 Å². The highest BCUT2D eigenvalue weighted by Crippen LogP contribution is 2.36. The van der Waals surface area contributed by atoms with Crippen LogP contribution in [0.3, 0.4) is 0 Å². The van der Waals surface area contributed by atoms with Crippen molar-refractivity contribution in [2.24, 2.45) is 5.92 Å². The average molecular weight is 446 g/mol. The number of aryl methyl sites for hydroxylation is 1. The molecule has 0 spiro atoms. The maximum atomic E-state index is 13.3. The molecular formula is C23H31N3O6. The summed E-state index contributed by atoms with van der Waals surface area (Å²) in [6, 6.07) is 6.32. The van der Waals surface area contributed by atoms with Crippen molar-refractivity contribution in [3.8, 4) is 0 Å². The van der Waals surface area contributed by atoms with E-state index in [2.05, 4.69) is 5.32 Å². The predicted octanol–water partition coefficient (Wildman–Crippen LogP) is 0.973. The summed E-state index contributed by atoms with van der Waals surface area (Å²) in [4.78, 5) is 51.9. The Bertz CT molecular complexity index is 861. The molecule has 2 saturated heterocycles. The fourth-order valence-corrected chi connectivity index (χ4v) is 4.85. The van der Waals surface area contributed by atoms with Gasteiger partial charge in [-0.05, 0) is 44.1 Å². The molecule has 2 heterocycles. The van der Waals surface area contributed by atoms with Gasteiger partial charge in [0.25, 0.3) is 0 Å². The molecule has 9 nitrogen and oxygen atoms in total. The lowest BCUT2D eigenvalue weighted by atomic mass is 9.91. The van der Waals surface area contributed by atoms with Gasteiger partial charge in [0.1, 0.15) is 12.1 Å². The third-order valence-corrected chi connectivity index (χ3v) is 6.61. The zero-order valence-electron chi connectivity index (χ0n) is 18.4. The van der Waals surface area contributed by atoms with E-state index < -0.39 is 36.0 Å². The second kappa shape index (κ2) is 10.1. The summed E-state index contributed by atoms with van der Waals surface area (Å²) in [5.74, 6) is -2.67. The van der Waals surface area contributed by atoms with Crippen LogP contribution in [0.15, 0.2) is 30.3 Å². The SMILES string of the molecule is CC(=O)N1CC[C@@H]2C[C@H](C(=O)O)N(C(=O)[C@H](C)N[C@H](CCc3ccccc3)C(=O)O)[C@@H]2C1. The second-order valence-electron chi connectivity index (χ2n) is 8.72. The summed E-state index contributed by atoms with van der Waals surface area (Å²) in [7, 11) is 0. The number of nitrogens with one attached hydrogen (secondary N) is 1. The van der Waals surface area contributed by atoms with Crippen LogP contribution in [0.2, 0.25) is 0 Å². The summed E-state index contributed by atoms with van der Waals surface area (Å²) >= 11 is 0. The lowest BCUT2D eigenvalue weighted by Crippen LogP contribution is -2.58. The smallest absolute Gasteiger partial charge is 0.326 e. The first-order valence-electron chi connectivity index (χ1n) is 11.0. The van der Waals surface area contributed by atoms with Crippen LogP contribution >= 0.6 is 0 Å². The highest BCUT2D eigenvalue weighted by molar-refractivity contribution is 5.88. The number of rotatable bonds is 8. The number of fused-ring (bicyclic) bond motifs is 1. The number of aliphatic carboxylic acids is 2. The van der Waals surface area contributed by atoms with Crippen molar-refractivity contribution < 1.29 is 29.4 Å². The summed E-state index contributed by atoms with van der Waals surface area (Å²) in [5.41, 5.74) is 0.999. The number of likely N-dealkylation sites (tertiary alicyclic amines) is 2. The first-order chi connectivity index (χ1) is 15.2. The van der Waals surface area contributed by atoms with E-state index in [1.165, 1.54) is 11.8 Å². The topological polar surface area (TPSA) is 127 Å². The Balaban J connectivity index is 1.71. The molecule has 9 heteroatoms. The molecule has 0 bridgehead atoms. The normalized spacial score (nSPS) is 24.5. The maximum absolute atomic E-state index is 13.3. The minimum Gasteiger partial charge on any atom is -0.480 e. The van der Waals surface area contributed by atoms with E-state index in [1.807, 2.05) is 30.3 Å². The summed E-state index contributed by atoms with van der Waals surface area (Å²) < 4.78 is 0. The molecule has 0 unspecified atom stereocenters. The fraction of sp³-hybridized carbons (Fsp3) is 0.565. The number of benzene rings is 1. The van der Waals surface area contributed by atoms with Crippen molar-refractivity contribution in [3.63, 3.8) is 0 Å². The molecule has 0 aliphatic carbocycles. The largest absolute Gasteiger partial charge is 0.480 e. The standard InChI is InChI=1S/C23H31N3O6/c1-14(24-18(22(29)30)9-8-16-6-4-3-5-7-16)21(28)26-19(23(31)32)12-17-10-11-25(15(2)27)13-20(17)26/h3-7,14,17-20,24H,8-13H2,1-2H3,(H,29,30)(H,31,32)/t14-,17+,18+,19+,20+/m0/s1. The van der Waals surface area contributed by atoms with Crippen LogP contribution in [0.1, 0.15) is 38.7 Å². The molecule has 3 N–H and O–H groups in total. The first kappa shape index (κ1) is 23.7. The van der Waals surface area contributed by atoms with Crippen LogP contribution in [0, 0.1) is 5.92 Å². The molecule has 5 atom stereocenters. The molecule has 32 heavy (non-hydrogen) atoms. The van der Waals surface area contributed by atoms with Crippen LogP contribution < -0.4 is 5.32 Å². The van der Waals surface area contributed by atoms with Crippen LogP contribution in [0.25, 0.3) is 0 Å². The first-order valence-corrected chi connectivity index (χ1v) is 11.0. The lowest BCUT2D eigenvalue weighted by molar-refractivity contribution is -0.152. The molecule has 0 saturated carbocycles. The molecule has 2 aliphatic rings. The van der Waals surface area contributed by atoms with Crippen LogP contribution in [-0.4, -0.2) is 81.0 Å². The van der Waals surface area contributed by atoms with Gasteiger partial charge in [-0.2, -0.15) is 0 Å². The van der Waals surface area contributed by atoms with Gasteiger partial charge >= 0.3 is 11.9 Å². The van der Waals surface area contributed by atoms with Crippen molar-refractivity contribution in [1.82, 2.24) is 15.1 Å². The van der Waals surface area contributed by atoms with Crippen molar-refractivity contribution in [3.05, 3.63) is 35.9 Å². The van der Waals surface area contributed by atoms with Gasteiger partial charge in [0.15, 0.2) is 0 Å². The second-order valence-corrected chi connectivity index (χ2v) is 8.72. The third kappa shape index (κ3) is 5.27. The Morgan fingerprint density at radius 2 is 1.84 bits per heavy atom. The number of carbonyl (C=O) groups is 4. The van der Waals surface area contributed by atoms with Crippen LogP contribution in [0.4, 0.5) is 0 Å². The van der Waals surface area contributed by atoms with Crippen molar-refractivity contribution in [2.75, 3.05) is 13.1 Å². The van der Waals surface area contributed by atoms with Gasteiger partial charge in [-0.3, -0.25) is 19.7 Å². The number of amides is 2. The van der Waals surface area contributed by atoms with Gasteiger partial charge in [-0.1, -0.05) is 30.3 Å². The predicted molar refractivity (Wildman–Crippen MR) is 116 cm³/mol. The summed E-state index contributed by atoms with van der Waals surface area (Å²) in [5, 5.41) is 22.3. The highest BCUT2D eigenvalue weighted by atomic mass is 16.4. The van der Waals surface area contributed by atoms with E-state index in [0.29, 0.717) is 38.8 Å². The van der Waals surface area contributed by atoms with E-state index in [0.717, 1.165) is 5.56 Å². The Morgan fingerprint density at radius 3 is 2.44 bits per heavy atom. The molecule has 2 amide bonds. The summed E-state index contributed by atoms with van der Waals surface area (Å²) in [6.07, 6.45) is 1.82. The molecule has 2 fully saturated rings. The fourth-order valence-electron chi connectivity index (χ4n) is 4.85. The number of nitrogens with zero attached hydrogens (tertiary/aromatic N) is 2. The number of carboxylic acid groups (broad SMARTS) is 2. The highest BCUT2D eigenvalue weighted by Gasteiger charge is 2.50. The van der Waals surface area contributed by atoms with E-state index in [9.17, 15) is 29.4 Å². The molecule has 2 aliphatic heterocycles. The Labute approximate surface area is 187 Å². The Hall–Kier alpha value is -2.94. The molecular weight excluding hydrogens is 414 g/mol. The van der Waals surface area contributed by atoms with Gasteiger partial charge in [0.2, 0.25) is 11.8 Å². The Kier molecular flexibility index (Phi) is 7.50. The monoisotopic (exact) mass is 445 g/mol. The minimum atomic E-state index is -1.08. The van der Waals surface area contributed by atoms with E-state index >= 15 is 0 Å². The van der Waals surface area contributed by atoms with E-state index in [1.54, 1.807) is 11.8 Å². The lowest BCUT2D eigenvalue weighted by Gasteiger charge is -2.39. The zero-order chi connectivity index (χ0) is 23.4.